The highest BCUT2D eigenvalue weighted by Gasteiger charge is 2.33. The van der Waals surface area contributed by atoms with Crippen molar-refractivity contribution in [3.8, 4) is 11.5 Å². The van der Waals surface area contributed by atoms with Gasteiger partial charge in [-0.15, -0.1) is 0 Å². The highest BCUT2D eigenvalue weighted by atomic mass is 16.5. The molecule has 0 saturated heterocycles. The van der Waals surface area contributed by atoms with Crippen LogP contribution in [0.25, 0.3) is 16.7 Å². The van der Waals surface area contributed by atoms with E-state index in [4.69, 9.17) is 19.9 Å². The minimum Gasteiger partial charge on any atom is -0.506 e. The van der Waals surface area contributed by atoms with E-state index in [1.54, 1.807) is 75.7 Å². The van der Waals surface area contributed by atoms with Crippen LogP contribution in [0, 0.1) is 0 Å². The Labute approximate surface area is 190 Å². The van der Waals surface area contributed by atoms with E-state index in [0.29, 0.717) is 22.2 Å². The van der Waals surface area contributed by atoms with Gasteiger partial charge in [0.2, 0.25) is 5.88 Å². The Balaban J connectivity index is 1.92. The van der Waals surface area contributed by atoms with E-state index < -0.39 is 17.4 Å². The Kier molecular flexibility index (Phi) is 5.83. The first kappa shape index (κ1) is 22.0. The molecule has 0 spiro atoms. The molecule has 3 aromatic rings. The molecule has 3 N–H and O–H groups in total. The summed E-state index contributed by atoms with van der Waals surface area (Å²) < 4.78 is 17.6. The van der Waals surface area contributed by atoms with Gasteiger partial charge in [-0.2, -0.15) is 0 Å². The van der Waals surface area contributed by atoms with Crippen molar-refractivity contribution in [3.63, 3.8) is 0 Å². The van der Waals surface area contributed by atoms with E-state index >= 15 is 0 Å². The molecule has 0 bridgehead atoms. The van der Waals surface area contributed by atoms with Gasteiger partial charge in [0.15, 0.2) is 0 Å². The number of hydrogen-bond donors (Lipinski definition) is 2. The summed E-state index contributed by atoms with van der Waals surface area (Å²) in [6, 6.07) is 14.1. The molecule has 8 heteroatoms. The molecule has 1 aromatic heterocycles. The van der Waals surface area contributed by atoms with Crippen molar-refractivity contribution in [2.75, 3.05) is 13.7 Å². The first-order valence-corrected chi connectivity index (χ1v) is 10.4. The van der Waals surface area contributed by atoms with Gasteiger partial charge in [-0.3, -0.25) is 4.79 Å². The molecule has 0 radical (unpaired) electrons. The summed E-state index contributed by atoms with van der Waals surface area (Å²) in [6.45, 7) is 1.85. The fraction of sp³-hybridized carbons (Fsp3) is 0.200. The second-order valence-corrected chi connectivity index (χ2v) is 7.49. The number of rotatable bonds is 5. The quantitative estimate of drug-likeness (QED) is 0.577. The van der Waals surface area contributed by atoms with Crippen LogP contribution >= 0.6 is 0 Å². The molecule has 2 heterocycles. The first-order chi connectivity index (χ1) is 15.9. The average molecular weight is 448 g/mol. The number of fused-ring (bicyclic) bond motifs is 1. The zero-order valence-electron chi connectivity index (χ0n) is 18.5. The fourth-order valence-corrected chi connectivity index (χ4v) is 3.94. The van der Waals surface area contributed by atoms with Gasteiger partial charge < -0.3 is 29.6 Å². The van der Waals surface area contributed by atoms with Gasteiger partial charge in [0.25, 0.3) is 5.56 Å². The number of nitrogens with zero attached hydrogens (tertiary/aromatic N) is 1. The molecular formula is C25H24N2O6. The molecule has 8 nitrogen and oxygen atoms in total. The predicted molar refractivity (Wildman–Crippen MR) is 123 cm³/mol. The first-order valence-electron chi connectivity index (χ1n) is 10.4. The Bertz CT molecular complexity index is 1350. The van der Waals surface area contributed by atoms with Gasteiger partial charge in [0, 0.05) is 18.4 Å². The number of ether oxygens (including phenoxy) is 3. The van der Waals surface area contributed by atoms with E-state index in [1.165, 1.54) is 4.57 Å². The van der Waals surface area contributed by atoms with E-state index in [2.05, 4.69) is 0 Å². The van der Waals surface area contributed by atoms with Crippen LogP contribution in [-0.2, 0) is 21.3 Å². The number of carbonyl (C=O) groups is 1. The number of esters is 1. The number of aromatic hydroxyl groups is 1. The normalized spacial score (nSPS) is 15.7. The van der Waals surface area contributed by atoms with Crippen molar-refractivity contribution in [2.45, 2.75) is 12.8 Å². The molecule has 0 fully saturated rings. The number of hydrogen-bond acceptors (Lipinski definition) is 7. The maximum absolute atomic E-state index is 13.2. The molecule has 0 saturated carbocycles. The lowest BCUT2D eigenvalue weighted by Gasteiger charge is -2.26. The number of pyridine rings is 1. The Morgan fingerprint density at radius 3 is 2.55 bits per heavy atom. The molecule has 2 aromatic carbocycles. The summed E-state index contributed by atoms with van der Waals surface area (Å²) in [7, 11) is 3.17. The Hall–Kier alpha value is -4.20. The molecule has 1 aliphatic rings. The van der Waals surface area contributed by atoms with Crippen molar-refractivity contribution in [2.24, 2.45) is 12.8 Å². The minimum absolute atomic E-state index is 0.0411. The third-order valence-electron chi connectivity index (χ3n) is 5.61. The molecule has 0 amide bonds. The summed E-state index contributed by atoms with van der Waals surface area (Å²) in [5.41, 5.74) is 7.07. The van der Waals surface area contributed by atoms with Gasteiger partial charge in [-0.1, -0.05) is 24.3 Å². The second kappa shape index (κ2) is 8.74. The Morgan fingerprint density at radius 1 is 1.18 bits per heavy atom. The van der Waals surface area contributed by atoms with Crippen LogP contribution in [0.1, 0.15) is 24.0 Å². The monoisotopic (exact) mass is 448 g/mol. The molecule has 170 valence electrons. The van der Waals surface area contributed by atoms with E-state index in [-0.39, 0.29) is 35.1 Å². The lowest BCUT2D eigenvalue weighted by molar-refractivity contribution is -0.139. The van der Waals surface area contributed by atoms with E-state index in [1.807, 2.05) is 0 Å². The zero-order valence-corrected chi connectivity index (χ0v) is 18.5. The SMILES string of the molecule is CCOC(=O)C1=C(N)OC(c2c(O)c3ccccc3n(C)c2=O)=CC1c1ccc(OC)cc1. The van der Waals surface area contributed by atoms with Crippen LogP contribution in [0.15, 0.2) is 70.9 Å². The molecule has 1 atom stereocenters. The molecule has 0 aliphatic carbocycles. The average Bonchev–Trinajstić information content (AvgIpc) is 2.82. The highest BCUT2D eigenvalue weighted by Crippen LogP contribution is 2.40. The molecule has 33 heavy (non-hydrogen) atoms. The summed E-state index contributed by atoms with van der Waals surface area (Å²) in [4.78, 5) is 25.9. The molecule has 4 rings (SSSR count). The second-order valence-electron chi connectivity index (χ2n) is 7.49. The summed E-state index contributed by atoms with van der Waals surface area (Å²) in [5.74, 6) is -1.01. The van der Waals surface area contributed by atoms with Gasteiger partial charge in [-0.05, 0) is 42.8 Å². The largest absolute Gasteiger partial charge is 0.506 e. The van der Waals surface area contributed by atoms with Crippen LogP contribution < -0.4 is 16.0 Å². The number of benzene rings is 2. The van der Waals surface area contributed by atoms with Gasteiger partial charge in [0.1, 0.15) is 28.4 Å². The number of aromatic nitrogens is 1. The van der Waals surface area contributed by atoms with Crippen molar-refractivity contribution in [1.29, 1.82) is 0 Å². The van der Waals surface area contributed by atoms with Gasteiger partial charge >= 0.3 is 5.97 Å². The number of aryl methyl sites for hydroxylation is 1. The smallest absolute Gasteiger partial charge is 0.340 e. The van der Waals surface area contributed by atoms with E-state index in [9.17, 15) is 14.7 Å². The van der Waals surface area contributed by atoms with Gasteiger partial charge in [-0.25, -0.2) is 4.79 Å². The Morgan fingerprint density at radius 2 is 1.88 bits per heavy atom. The maximum atomic E-state index is 13.2. The third-order valence-corrected chi connectivity index (χ3v) is 5.61. The number of carbonyl (C=O) groups excluding carboxylic acids is 1. The van der Waals surface area contributed by atoms with Crippen LogP contribution in [0.3, 0.4) is 0 Å². The molecule has 1 unspecified atom stereocenters. The van der Waals surface area contributed by atoms with Crippen LogP contribution in [0.2, 0.25) is 0 Å². The lowest BCUT2D eigenvalue weighted by atomic mass is 9.88. The topological polar surface area (TPSA) is 113 Å². The fourth-order valence-electron chi connectivity index (χ4n) is 3.94. The van der Waals surface area contributed by atoms with Crippen LogP contribution in [0.5, 0.6) is 11.5 Å². The van der Waals surface area contributed by atoms with Crippen molar-refractivity contribution in [3.05, 3.63) is 87.5 Å². The summed E-state index contributed by atoms with van der Waals surface area (Å²) >= 11 is 0. The van der Waals surface area contributed by atoms with Gasteiger partial charge in [0.05, 0.1) is 19.2 Å². The van der Waals surface area contributed by atoms with Crippen molar-refractivity contribution < 1.29 is 24.1 Å². The molecular weight excluding hydrogens is 424 g/mol. The molecule has 1 aliphatic heterocycles. The minimum atomic E-state index is -0.672. The lowest BCUT2D eigenvalue weighted by Crippen LogP contribution is -2.27. The summed E-state index contributed by atoms with van der Waals surface area (Å²) in [5, 5.41) is 11.5. The third kappa shape index (κ3) is 3.80. The van der Waals surface area contributed by atoms with Crippen molar-refractivity contribution >= 4 is 22.6 Å². The standard InChI is InChI=1S/C25H24N2O6/c1-4-32-25(30)20-17(14-9-11-15(31-3)12-10-14)13-19(33-23(20)26)21-22(28)16-7-5-6-8-18(16)27(2)24(21)29/h5-13,17,28H,4,26H2,1-3H3. The van der Waals surface area contributed by atoms with E-state index in [0.717, 1.165) is 0 Å². The number of methoxy groups -OCH3 is 1. The maximum Gasteiger partial charge on any atom is 0.340 e. The van der Waals surface area contributed by atoms with Crippen LogP contribution in [-0.4, -0.2) is 29.4 Å². The summed E-state index contributed by atoms with van der Waals surface area (Å²) in [6.07, 6.45) is 1.59. The highest BCUT2D eigenvalue weighted by molar-refractivity contribution is 5.94. The zero-order chi connectivity index (χ0) is 23.7. The number of allylic oxidation sites excluding steroid dienone is 1. The van der Waals surface area contributed by atoms with Crippen molar-refractivity contribution in [1.82, 2.24) is 4.57 Å². The van der Waals surface area contributed by atoms with Crippen LogP contribution in [0.4, 0.5) is 0 Å². The predicted octanol–water partition coefficient (Wildman–Crippen LogP) is 3.14. The number of para-hydroxylation sites is 1. The number of nitrogens with two attached hydrogens (primary N) is 1.